The molecule has 0 aliphatic heterocycles. The number of urea groups is 1. The average Bonchev–Trinajstić information content (AvgIpc) is 2.40. The van der Waals surface area contributed by atoms with Crippen LogP contribution in [0.5, 0.6) is 0 Å². The molecular formula is C14H12BrFN2O. The number of nitrogens with one attached hydrogen (secondary N) is 2. The number of rotatable bonds is 3. The summed E-state index contributed by atoms with van der Waals surface area (Å²) in [6.45, 7) is 0.148. The summed E-state index contributed by atoms with van der Waals surface area (Å²) in [4.78, 5) is 11.6. The van der Waals surface area contributed by atoms with E-state index in [4.69, 9.17) is 0 Å². The van der Waals surface area contributed by atoms with Gasteiger partial charge in [0.1, 0.15) is 5.82 Å². The minimum absolute atomic E-state index is 0.148. The number of hydrogen-bond donors (Lipinski definition) is 2. The number of carbonyl (C=O) groups is 1. The SMILES string of the molecule is O=C(NCc1ccccc1F)Nc1ccc(Br)cc1. The van der Waals surface area contributed by atoms with Crippen molar-refractivity contribution in [1.82, 2.24) is 5.32 Å². The molecule has 0 saturated heterocycles. The Labute approximate surface area is 119 Å². The Morgan fingerprint density at radius 1 is 1.11 bits per heavy atom. The maximum absolute atomic E-state index is 13.3. The predicted octanol–water partition coefficient (Wildman–Crippen LogP) is 3.91. The van der Waals surface area contributed by atoms with Crippen LogP contribution in [0.3, 0.4) is 0 Å². The largest absolute Gasteiger partial charge is 0.334 e. The topological polar surface area (TPSA) is 41.1 Å². The van der Waals surface area contributed by atoms with Crippen LogP contribution in [0.15, 0.2) is 53.0 Å². The van der Waals surface area contributed by atoms with Crippen molar-refractivity contribution < 1.29 is 9.18 Å². The van der Waals surface area contributed by atoms with Gasteiger partial charge in [-0.2, -0.15) is 0 Å². The summed E-state index contributed by atoms with van der Waals surface area (Å²) in [6, 6.07) is 13.2. The highest BCUT2D eigenvalue weighted by Crippen LogP contribution is 2.14. The molecule has 0 saturated carbocycles. The van der Waals surface area contributed by atoms with E-state index >= 15 is 0 Å². The van der Waals surface area contributed by atoms with Crippen LogP contribution < -0.4 is 10.6 Å². The Morgan fingerprint density at radius 2 is 1.79 bits per heavy atom. The summed E-state index contributed by atoms with van der Waals surface area (Å²) in [7, 11) is 0. The number of benzene rings is 2. The van der Waals surface area contributed by atoms with Crippen molar-refractivity contribution in [2.75, 3.05) is 5.32 Å². The molecule has 0 unspecified atom stereocenters. The van der Waals surface area contributed by atoms with Crippen LogP contribution in [-0.2, 0) is 6.54 Å². The normalized spacial score (nSPS) is 10.0. The molecule has 98 valence electrons. The molecule has 2 N–H and O–H groups in total. The summed E-state index contributed by atoms with van der Waals surface area (Å²) in [5, 5.41) is 5.27. The Hall–Kier alpha value is -1.88. The molecule has 0 aliphatic carbocycles. The van der Waals surface area contributed by atoms with Crippen molar-refractivity contribution in [3.63, 3.8) is 0 Å². The lowest BCUT2D eigenvalue weighted by Gasteiger charge is -2.08. The predicted molar refractivity (Wildman–Crippen MR) is 76.4 cm³/mol. The fourth-order valence-corrected chi connectivity index (χ4v) is 1.79. The Bertz CT molecular complexity index is 572. The van der Waals surface area contributed by atoms with E-state index in [1.54, 1.807) is 30.3 Å². The monoisotopic (exact) mass is 322 g/mol. The third-order valence-electron chi connectivity index (χ3n) is 2.50. The van der Waals surface area contributed by atoms with E-state index in [9.17, 15) is 9.18 Å². The Morgan fingerprint density at radius 3 is 2.47 bits per heavy atom. The smallest absolute Gasteiger partial charge is 0.319 e. The van der Waals surface area contributed by atoms with Gasteiger partial charge in [0, 0.05) is 22.3 Å². The van der Waals surface area contributed by atoms with Gasteiger partial charge >= 0.3 is 6.03 Å². The van der Waals surface area contributed by atoms with Crippen molar-refractivity contribution in [3.8, 4) is 0 Å². The molecule has 2 amide bonds. The van der Waals surface area contributed by atoms with Gasteiger partial charge in [0.15, 0.2) is 0 Å². The number of anilines is 1. The van der Waals surface area contributed by atoms with Gasteiger partial charge < -0.3 is 10.6 Å². The molecule has 0 spiro atoms. The third-order valence-corrected chi connectivity index (χ3v) is 3.03. The molecule has 2 aromatic rings. The van der Waals surface area contributed by atoms with Gasteiger partial charge in [0.25, 0.3) is 0 Å². The second-order valence-electron chi connectivity index (χ2n) is 3.91. The standard InChI is InChI=1S/C14H12BrFN2O/c15-11-5-7-12(8-6-11)18-14(19)17-9-10-3-1-2-4-13(10)16/h1-8H,9H2,(H2,17,18,19). The molecule has 2 rings (SSSR count). The molecule has 0 radical (unpaired) electrons. The summed E-state index contributed by atoms with van der Waals surface area (Å²) < 4.78 is 14.3. The van der Waals surface area contributed by atoms with Crippen LogP contribution in [0, 0.1) is 5.82 Å². The van der Waals surface area contributed by atoms with Gasteiger partial charge in [0.2, 0.25) is 0 Å². The molecule has 2 aromatic carbocycles. The molecule has 5 heteroatoms. The van der Waals surface area contributed by atoms with E-state index in [0.29, 0.717) is 11.3 Å². The van der Waals surface area contributed by atoms with Crippen LogP contribution in [0.2, 0.25) is 0 Å². The molecule has 19 heavy (non-hydrogen) atoms. The van der Waals surface area contributed by atoms with E-state index in [1.165, 1.54) is 6.07 Å². The quantitative estimate of drug-likeness (QED) is 0.883. The number of hydrogen-bond acceptors (Lipinski definition) is 1. The van der Waals surface area contributed by atoms with Crippen LogP contribution in [0.4, 0.5) is 14.9 Å². The van der Waals surface area contributed by atoms with Gasteiger partial charge in [-0.05, 0) is 30.3 Å². The first-order valence-corrected chi connectivity index (χ1v) is 6.48. The first-order valence-electron chi connectivity index (χ1n) is 5.69. The number of carbonyl (C=O) groups excluding carboxylic acids is 1. The minimum atomic E-state index is -0.370. The summed E-state index contributed by atoms with van der Waals surface area (Å²) in [6.07, 6.45) is 0. The van der Waals surface area contributed by atoms with Gasteiger partial charge in [-0.15, -0.1) is 0 Å². The molecular weight excluding hydrogens is 311 g/mol. The summed E-state index contributed by atoms with van der Waals surface area (Å²) in [5.41, 5.74) is 1.13. The van der Waals surface area contributed by atoms with Crippen molar-refractivity contribution in [2.24, 2.45) is 0 Å². The lowest BCUT2D eigenvalue weighted by molar-refractivity contribution is 0.251. The van der Waals surface area contributed by atoms with E-state index in [0.717, 1.165) is 4.47 Å². The van der Waals surface area contributed by atoms with E-state index < -0.39 is 0 Å². The highest BCUT2D eigenvalue weighted by Gasteiger charge is 2.04. The van der Waals surface area contributed by atoms with Crippen LogP contribution in [0.25, 0.3) is 0 Å². The molecule has 0 fully saturated rings. The fourth-order valence-electron chi connectivity index (χ4n) is 1.53. The molecule has 0 aliphatic rings. The Kier molecular flexibility index (Phi) is 4.52. The van der Waals surface area contributed by atoms with Crippen LogP contribution >= 0.6 is 15.9 Å². The van der Waals surface area contributed by atoms with Crippen LogP contribution in [-0.4, -0.2) is 6.03 Å². The highest BCUT2D eigenvalue weighted by atomic mass is 79.9. The zero-order valence-corrected chi connectivity index (χ0v) is 11.6. The molecule has 0 atom stereocenters. The van der Waals surface area contributed by atoms with Crippen molar-refractivity contribution in [3.05, 3.63) is 64.4 Å². The van der Waals surface area contributed by atoms with Crippen molar-refractivity contribution in [2.45, 2.75) is 6.54 Å². The maximum Gasteiger partial charge on any atom is 0.319 e. The van der Waals surface area contributed by atoms with E-state index in [1.807, 2.05) is 12.1 Å². The zero-order chi connectivity index (χ0) is 13.7. The van der Waals surface area contributed by atoms with Gasteiger partial charge in [-0.1, -0.05) is 34.1 Å². The molecule has 3 nitrogen and oxygen atoms in total. The van der Waals surface area contributed by atoms with Crippen LogP contribution in [0.1, 0.15) is 5.56 Å². The first kappa shape index (κ1) is 13.5. The lowest BCUT2D eigenvalue weighted by Crippen LogP contribution is -2.28. The zero-order valence-electron chi connectivity index (χ0n) is 9.99. The lowest BCUT2D eigenvalue weighted by atomic mass is 10.2. The van der Waals surface area contributed by atoms with Gasteiger partial charge in [-0.3, -0.25) is 0 Å². The average molecular weight is 323 g/mol. The number of amides is 2. The summed E-state index contributed by atoms with van der Waals surface area (Å²) in [5.74, 6) is -0.327. The highest BCUT2D eigenvalue weighted by molar-refractivity contribution is 9.10. The van der Waals surface area contributed by atoms with E-state index in [2.05, 4.69) is 26.6 Å². The van der Waals surface area contributed by atoms with Gasteiger partial charge in [0.05, 0.1) is 0 Å². The second kappa shape index (κ2) is 6.33. The molecule has 0 aromatic heterocycles. The third kappa shape index (κ3) is 4.06. The summed E-state index contributed by atoms with van der Waals surface area (Å²) >= 11 is 3.31. The van der Waals surface area contributed by atoms with Crippen molar-refractivity contribution >= 4 is 27.6 Å². The molecule has 0 heterocycles. The number of halogens is 2. The van der Waals surface area contributed by atoms with E-state index in [-0.39, 0.29) is 18.4 Å². The van der Waals surface area contributed by atoms with Crippen molar-refractivity contribution in [1.29, 1.82) is 0 Å². The minimum Gasteiger partial charge on any atom is -0.334 e. The first-order chi connectivity index (χ1) is 9.15. The maximum atomic E-state index is 13.3. The second-order valence-corrected chi connectivity index (χ2v) is 4.82. The Balaban J connectivity index is 1.88. The van der Waals surface area contributed by atoms with Gasteiger partial charge in [-0.25, -0.2) is 9.18 Å². The fraction of sp³-hybridized carbons (Fsp3) is 0.0714. The molecule has 0 bridgehead atoms.